The van der Waals surface area contributed by atoms with Crippen molar-refractivity contribution in [2.75, 3.05) is 37.7 Å². The van der Waals surface area contributed by atoms with Gasteiger partial charge in [-0.15, -0.1) is 11.8 Å². The summed E-state index contributed by atoms with van der Waals surface area (Å²) in [6.45, 7) is 4.47. The maximum Gasteiger partial charge on any atom is 0.247 e. The number of carbonyl (C=O) groups excluding carboxylic acids is 3. The van der Waals surface area contributed by atoms with E-state index in [1.165, 1.54) is 0 Å². The molecule has 5 atom stereocenters. The molecule has 2 saturated heterocycles. The van der Waals surface area contributed by atoms with Crippen molar-refractivity contribution in [1.29, 1.82) is 0 Å². The standard InChI is InChI=1S/C30H39N3O4S/c1-2-3-17-31-18-12-16-30-25(28(36)33(26(30)29(31)37)19-9-4-5-10-21-34)24-23(38-30)15-11-20-32(27(24)35)22-13-7-6-8-14-22/h6-8,11-16,23-26,34H,2-5,9-10,17-21H2,1H3/t23-,24+,25+,26?,30+/m1/s1. The van der Waals surface area contributed by atoms with Crippen molar-refractivity contribution in [2.24, 2.45) is 11.8 Å². The Morgan fingerprint density at radius 1 is 0.921 bits per heavy atom. The first-order valence-corrected chi connectivity index (χ1v) is 15.0. The molecule has 2 fully saturated rings. The van der Waals surface area contributed by atoms with Gasteiger partial charge in [-0.25, -0.2) is 0 Å². The summed E-state index contributed by atoms with van der Waals surface area (Å²) in [6.07, 6.45) is 13.5. The van der Waals surface area contributed by atoms with Gasteiger partial charge in [0.05, 0.1) is 16.6 Å². The Kier molecular flexibility index (Phi) is 8.29. The molecule has 4 aliphatic rings. The van der Waals surface area contributed by atoms with Crippen molar-refractivity contribution in [3.63, 3.8) is 0 Å². The number of thioether (sulfide) groups is 1. The third-order valence-corrected chi connectivity index (χ3v) is 10.1. The second kappa shape index (κ2) is 11.7. The molecule has 0 bridgehead atoms. The zero-order valence-corrected chi connectivity index (χ0v) is 23.0. The Balaban J connectivity index is 1.50. The first-order chi connectivity index (χ1) is 18.5. The minimum Gasteiger partial charge on any atom is -0.396 e. The van der Waals surface area contributed by atoms with Gasteiger partial charge < -0.3 is 19.8 Å². The fourth-order valence-corrected chi connectivity index (χ4v) is 8.57. The highest BCUT2D eigenvalue weighted by Crippen LogP contribution is 2.61. The number of hydrogen-bond donors (Lipinski definition) is 1. The van der Waals surface area contributed by atoms with E-state index < -0.39 is 22.6 Å². The molecule has 4 aliphatic heterocycles. The van der Waals surface area contributed by atoms with Crippen LogP contribution in [0.25, 0.3) is 0 Å². The summed E-state index contributed by atoms with van der Waals surface area (Å²) >= 11 is 1.64. The van der Waals surface area contributed by atoms with Gasteiger partial charge in [-0.05, 0) is 31.4 Å². The number of aliphatic hydroxyl groups excluding tert-OH is 1. The molecule has 1 unspecified atom stereocenters. The molecule has 8 heteroatoms. The number of anilines is 1. The summed E-state index contributed by atoms with van der Waals surface area (Å²) < 4.78 is -0.755. The highest BCUT2D eigenvalue weighted by molar-refractivity contribution is 8.02. The van der Waals surface area contributed by atoms with Crippen LogP contribution in [-0.2, 0) is 14.4 Å². The number of aliphatic hydroxyl groups is 1. The van der Waals surface area contributed by atoms with E-state index in [1.807, 2.05) is 41.3 Å². The van der Waals surface area contributed by atoms with Crippen LogP contribution in [0.1, 0.15) is 45.4 Å². The second-order valence-electron chi connectivity index (χ2n) is 10.8. The normalized spacial score (nSPS) is 30.4. The van der Waals surface area contributed by atoms with E-state index in [0.29, 0.717) is 26.2 Å². The highest BCUT2D eigenvalue weighted by atomic mass is 32.2. The monoisotopic (exact) mass is 537 g/mol. The molecule has 0 saturated carbocycles. The number of rotatable bonds is 10. The van der Waals surface area contributed by atoms with Gasteiger partial charge in [-0.1, -0.05) is 68.7 Å². The van der Waals surface area contributed by atoms with Crippen LogP contribution in [0.2, 0.25) is 0 Å². The quantitative estimate of drug-likeness (QED) is 0.364. The maximum atomic E-state index is 14.3. The Bertz CT molecular complexity index is 1090. The van der Waals surface area contributed by atoms with Crippen molar-refractivity contribution < 1.29 is 19.5 Å². The number of benzene rings is 1. The smallest absolute Gasteiger partial charge is 0.247 e. The number of hydrogen-bond acceptors (Lipinski definition) is 5. The van der Waals surface area contributed by atoms with E-state index in [2.05, 4.69) is 25.2 Å². The molecule has 4 heterocycles. The summed E-state index contributed by atoms with van der Waals surface area (Å²) in [6, 6.07) is 9.04. The summed E-state index contributed by atoms with van der Waals surface area (Å²) in [4.78, 5) is 48.1. The molecule has 204 valence electrons. The molecule has 1 spiro atoms. The van der Waals surface area contributed by atoms with Crippen molar-refractivity contribution in [1.82, 2.24) is 9.80 Å². The Hall–Kier alpha value is -2.58. The summed E-state index contributed by atoms with van der Waals surface area (Å²) in [5, 5.41) is 8.99. The third kappa shape index (κ3) is 4.70. The summed E-state index contributed by atoms with van der Waals surface area (Å²) in [5.74, 6) is -1.19. The van der Waals surface area contributed by atoms with Crippen LogP contribution in [0.5, 0.6) is 0 Å². The highest BCUT2D eigenvalue weighted by Gasteiger charge is 2.70. The number of unbranched alkanes of at least 4 members (excludes halogenated alkanes) is 4. The van der Waals surface area contributed by atoms with Crippen LogP contribution in [0, 0.1) is 11.8 Å². The van der Waals surface area contributed by atoms with E-state index in [4.69, 9.17) is 5.11 Å². The first kappa shape index (κ1) is 27.0. The van der Waals surface area contributed by atoms with Crippen molar-refractivity contribution >= 4 is 35.2 Å². The van der Waals surface area contributed by atoms with Gasteiger partial charge in [0, 0.05) is 43.7 Å². The lowest BCUT2D eigenvalue weighted by Gasteiger charge is -2.35. The van der Waals surface area contributed by atoms with E-state index >= 15 is 0 Å². The molecule has 38 heavy (non-hydrogen) atoms. The fraction of sp³-hybridized carbons (Fsp3) is 0.567. The van der Waals surface area contributed by atoms with Gasteiger partial charge >= 0.3 is 0 Å². The summed E-state index contributed by atoms with van der Waals surface area (Å²) in [7, 11) is 0. The van der Waals surface area contributed by atoms with Crippen LogP contribution in [0.3, 0.4) is 0 Å². The lowest BCUT2D eigenvalue weighted by atomic mass is 9.78. The van der Waals surface area contributed by atoms with E-state index in [1.54, 1.807) is 21.6 Å². The van der Waals surface area contributed by atoms with Gasteiger partial charge in [0.2, 0.25) is 17.7 Å². The largest absolute Gasteiger partial charge is 0.396 e. The summed E-state index contributed by atoms with van der Waals surface area (Å²) in [5.41, 5.74) is 0.828. The van der Waals surface area contributed by atoms with Gasteiger partial charge in [0.25, 0.3) is 0 Å². The van der Waals surface area contributed by atoms with Crippen LogP contribution in [-0.4, -0.2) is 81.5 Å². The van der Waals surface area contributed by atoms with Crippen LogP contribution in [0.15, 0.2) is 54.6 Å². The van der Waals surface area contributed by atoms with Crippen LogP contribution < -0.4 is 4.90 Å². The first-order valence-electron chi connectivity index (χ1n) is 14.1. The second-order valence-corrected chi connectivity index (χ2v) is 12.3. The number of fused-ring (bicyclic) bond motifs is 2. The molecule has 5 rings (SSSR count). The fourth-order valence-electron chi connectivity index (χ4n) is 6.56. The lowest BCUT2D eigenvalue weighted by Crippen LogP contribution is -2.53. The minimum absolute atomic E-state index is 0.00922. The van der Waals surface area contributed by atoms with Crippen molar-refractivity contribution in [2.45, 2.75) is 61.5 Å². The Morgan fingerprint density at radius 2 is 1.71 bits per heavy atom. The van der Waals surface area contributed by atoms with Crippen molar-refractivity contribution in [3.8, 4) is 0 Å². The number of carbonyl (C=O) groups is 3. The van der Waals surface area contributed by atoms with Gasteiger partial charge in [0.15, 0.2) is 0 Å². The molecular weight excluding hydrogens is 498 g/mol. The Labute approximate surface area is 229 Å². The van der Waals surface area contributed by atoms with Gasteiger partial charge in [0.1, 0.15) is 6.04 Å². The predicted molar refractivity (Wildman–Crippen MR) is 151 cm³/mol. The average Bonchev–Trinajstić information content (AvgIpc) is 3.24. The number of para-hydroxylation sites is 1. The lowest BCUT2D eigenvalue weighted by molar-refractivity contribution is -0.142. The molecule has 1 N–H and O–H groups in total. The molecule has 3 amide bonds. The van der Waals surface area contributed by atoms with E-state index in [0.717, 1.165) is 44.2 Å². The number of nitrogens with zero attached hydrogens (tertiary/aromatic N) is 3. The Morgan fingerprint density at radius 3 is 2.47 bits per heavy atom. The molecule has 0 aliphatic carbocycles. The molecule has 7 nitrogen and oxygen atoms in total. The third-order valence-electron chi connectivity index (χ3n) is 8.40. The number of amides is 3. The predicted octanol–water partition coefficient (Wildman–Crippen LogP) is 3.64. The zero-order chi connectivity index (χ0) is 26.7. The van der Waals surface area contributed by atoms with E-state index in [-0.39, 0.29) is 29.6 Å². The zero-order valence-electron chi connectivity index (χ0n) is 22.2. The van der Waals surface area contributed by atoms with Crippen LogP contribution in [0.4, 0.5) is 5.69 Å². The van der Waals surface area contributed by atoms with Crippen molar-refractivity contribution in [3.05, 3.63) is 54.6 Å². The van der Waals surface area contributed by atoms with Gasteiger partial charge in [-0.2, -0.15) is 0 Å². The topological polar surface area (TPSA) is 81.2 Å². The maximum absolute atomic E-state index is 14.3. The van der Waals surface area contributed by atoms with Gasteiger partial charge in [-0.3, -0.25) is 14.4 Å². The van der Waals surface area contributed by atoms with E-state index in [9.17, 15) is 14.4 Å². The minimum atomic E-state index is -0.755. The van der Waals surface area contributed by atoms with Crippen LogP contribution >= 0.6 is 11.8 Å². The molecule has 0 aromatic heterocycles. The molecular formula is C30H39N3O4S. The molecule has 1 aromatic rings. The SMILES string of the molecule is CCCCN1CC=C[C@]23S[C@@H]4C=CCN(c5ccccc5)C(=O)[C@@H]4[C@H]2C(=O)N(CCCCCCO)C3C1=O. The molecule has 0 radical (unpaired) electrons. The number of likely N-dealkylation sites (tertiary alicyclic amines) is 1. The molecule has 1 aromatic carbocycles. The average molecular weight is 538 g/mol.